The molecule has 2 saturated heterocycles. The standard InChI is InChI=1S/C47H60B2O6.C21H17Br2N/c1-11-13-18-28-50-41-27-22-34(30-42(41)51-29-19-14-12-2)47(33-20-16-15-17-21-33)39-31-35(48-52-43(3,4)44(5,6)53-48)23-25-37(39)38-26-24-36(32-40(38)47)49-54-45(7,8)46(9,10)55-49;1-12-8-17(9-13(2)14(12)3)24-20-6-4-15(22)10-18(20)19-11-16(23)5-7-21(19)24/h15-17,20-27,30-32H,11-14,18-19,28-29H2,1-10H3;4-11H,1-3H3. The van der Waals surface area contributed by atoms with E-state index in [1.165, 1.54) is 66.4 Å². The first-order chi connectivity index (χ1) is 37.6. The summed E-state index contributed by atoms with van der Waals surface area (Å²) in [7, 11) is -1.02. The summed E-state index contributed by atoms with van der Waals surface area (Å²) in [6.07, 6.45) is 6.51. The number of nitrogens with zero attached hydrogens (tertiary/aromatic N) is 1. The van der Waals surface area contributed by atoms with E-state index in [2.05, 4.69) is 260 Å². The summed E-state index contributed by atoms with van der Waals surface area (Å²) in [5.41, 5.74) is 14.0. The van der Waals surface area contributed by atoms with Gasteiger partial charge in [0.15, 0.2) is 11.5 Å². The first-order valence-corrected chi connectivity index (χ1v) is 30.1. The highest BCUT2D eigenvalue weighted by Gasteiger charge is 2.55. The maximum atomic E-state index is 6.65. The lowest BCUT2D eigenvalue weighted by Crippen LogP contribution is -2.41. The summed E-state index contributed by atoms with van der Waals surface area (Å²) in [6, 6.07) is 48.5. The van der Waals surface area contributed by atoms with Crippen molar-refractivity contribution in [3.05, 3.63) is 181 Å². The number of aryl methyl sites for hydroxylation is 2. The molecule has 11 rings (SSSR count). The molecule has 0 amide bonds. The fourth-order valence-electron chi connectivity index (χ4n) is 11.5. The van der Waals surface area contributed by atoms with Crippen LogP contribution in [-0.4, -0.2) is 54.4 Å². The van der Waals surface area contributed by atoms with Gasteiger partial charge >= 0.3 is 14.2 Å². The van der Waals surface area contributed by atoms with Crippen LogP contribution in [0.5, 0.6) is 11.5 Å². The predicted molar refractivity (Wildman–Crippen MR) is 336 cm³/mol. The van der Waals surface area contributed by atoms with Crippen molar-refractivity contribution < 1.29 is 28.1 Å². The number of ether oxygens (including phenoxy) is 2. The molecule has 0 saturated carbocycles. The van der Waals surface area contributed by atoms with Crippen LogP contribution in [-0.2, 0) is 24.0 Å². The molecule has 0 atom stereocenters. The number of halogens is 2. The van der Waals surface area contributed by atoms with Gasteiger partial charge in [0.2, 0.25) is 0 Å². The van der Waals surface area contributed by atoms with Crippen molar-refractivity contribution >= 4 is 78.8 Å². The van der Waals surface area contributed by atoms with E-state index in [0.717, 1.165) is 81.0 Å². The summed E-state index contributed by atoms with van der Waals surface area (Å²) in [5, 5.41) is 2.52. The zero-order valence-electron chi connectivity index (χ0n) is 48.7. The topological polar surface area (TPSA) is 60.3 Å². The average Bonchev–Trinajstić information content (AvgIpc) is 3.50. The molecule has 410 valence electrons. The van der Waals surface area contributed by atoms with Gasteiger partial charge in [-0.25, -0.2) is 0 Å². The Labute approximate surface area is 487 Å². The van der Waals surface area contributed by atoms with E-state index in [-0.39, 0.29) is 0 Å². The molecular weight excluding hydrogens is 1110 g/mol. The third-order valence-corrected chi connectivity index (χ3v) is 18.7. The van der Waals surface area contributed by atoms with Crippen molar-refractivity contribution in [1.82, 2.24) is 4.57 Å². The molecular formula is C68H77B2Br2NO6. The molecule has 11 heteroatoms. The Kier molecular flexibility index (Phi) is 16.1. The Balaban J connectivity index is 0.000000243. The number of hydrogen-bond donors (Lipinski definition) is 0. The molecule has 1 aromatic heterocycles. The SMILES string of the molecule is CCCCCOc1ccc(C2(c3ccccc3)c3cc(B4OC(C)(C)C(C)(C)O4)ccc3-c3ccc(B4OC(C)(C)C(C)(C)O4)cc32)cc1OCCCCC.Cc1cc(-n2c3ccc(Br)cc3c3cc(Br)ccc32)cc(C)c1C. The van der Waals surface area contributed by atoms with Crippen LogP contribution in [0.1, 0.15) is 147 Å². The van der Waals surface area contributed by atoms with Gasteiger partial charge in [0.1, 0.15) is 0 Å². The zero-order valence-corrected chi connectivity index (χ0v) is 51.8. The second-order valence-electron chi connectivity index (χ2n) is 24.0. The molecule has 3 aliphatic rings. The third kappa shape index (κ3) is 10.6. The lowest BCUT2D eigenvalue weighted by Gasteiger charge is -2.35. The van der Waals surface area contributed by atoms with E-state index in [1.54, 1.807) is 0 Å². The van der Waals surface area contributed by atoms with Crippen LogP contribution in [0.15, 0.2) is 142 Å². The van der Waals surface area contributed by atoms with Gasteiger partial charge in [0, 0.05) is 25.4 Å². The highest BCUT2D eigenvalue weighted by atomic mass is 79.9. The molecule has 7 nitrogen and oxygen atoms in total. The lowest BCUT2D eigenvalue weighted by molar-refractivity contribution is 0.00578. The van der Waals surface area contributed by atoms with E-state index in [4.69, 9.17) is 28.1 Å². The Hall–Kier alpha value is -5.13. The summed E-state index contributed by atoms with van der Waals surface area (Å²) >= 11 is 7.23. The second kappa shape index (κ2) is 22.3. The van der Waals surface area contributed by atoms with Gasteiger partial charge in [-0.15, -0.1) is 0 Å². The highest BCUT2D eigenvalue weighted by molar-refractivity contribution is 9.10. The molecule has 0 radical (unpaired) electrons. The number of hydrogen-bond acceptors (Lipinski definition) is 6. The predicted octanol–water partition coefficient (Wildman–Crippen LogP) is 17.0. The quantitative estimate of drug-likeness (QED) is 0.0753. The lowest BCUT2D eigenvalue weighted by atomic mass is 9.65. The molecule has 7 aromatic carbocycles. The molecule has 2 fully saturated rings. The van der Waals surface area contributed by atoms with Crippen molar-refractivity contribution in [2.75, 3.05) is 13.2 Å². The minimum absolute atomic E-state index is 0.467. The van der Waals surface area contributed by atoms with Crippen LogP contribution < -0.4 is 20.4 Å². The first kappa shape index (κ1) is 57.1. The average molecular weight is 1190 g/mol. The van der Waals surface area contributed by atoms with Gasteiger partial charge in [-0.2, -0.15) is 0 Å². The largest absolute Gasteiger partial charge is 0.494 e. The summed E-state index contributed by atoms with van der Waals surface area (Å²) in [4.78, 5) is 0. The number of unbranched alkanes of at least 4 members (excludes halogenated alkanes) is 4. The Bertz CT molecular complexity index is 3350. The summed E-state index contributed by atoms with van der Waals surface area (Å²) in [6.45, 7) is 29.1. The maximum Gasteiger partial charge on any atom is 0.494 e. The van der Waals surface area contributed by atoms with Crippen LogP contribution >= 0.6 is 31.9 Å². The fraction of sp³-hybridized carbons (Fsp3) is 0.382. The van der Waals surface area contributed by atoms with E-state index < -0.39 is 42.1 Å². The number of aromatic nitrogens is 1. The molecule has 2 aliphatic heterocycles. The zero-order chi connectivity index (χ0) is 56.2. The van der Waals surface area contributed by atoms with E-state index in [0.29, 0.717) is 13.2 Å². The van der Waals surface area contributed by atoms with Gasteiger partial charge in [-0.1, -0.05) is 144 Å². The maximum absolute atomic E-state index is 6.65. The van der Waals surface area contributed by atoms with Crippen LogP contribution in [0.2, 0.25) is 0 Å². The highest BCUT2D eigenvalue weighted by Crippen LogP contribution is 2.57. The van der Waals surface area contributed by atoms with Crippen LogP contribution in [0, 0.1) is 20.8 Å². The van der Waals surface area contributed by atoms with Gasteiger partial charge in [-0.05, 0) is 211 Å². The molecule has 0 spiro atoms. The number of rotatable bonds is 15. The van der Waals surface area contributed by atoms with Crippen LogP contribution in [0.25, 0.3) is 38.6 Å². The van der Waals surface area contributed by atoms with E-state index in [1.807, 2.05) is 0 Å². The molecule has 0 bridgehead atoms. The number of benzene rings is 7. The Morgan fingerprint density at radius 1 is 0.468 bits per heavy atom. The summed E-state index contributed by atoms with van der Waals surface area (Å²) < 4.78 is 44.3. The van der Waals surface area contributed by atoms with Crippen molar-refractivity contribution in [2.45, 2.75) is 156 Å². The van der Waals surface area contributed by atoms with Gasteiger partial charge in [0.05, 0.1) is 52.1 Å². The molecule has 0 unspecified atom stereocenters. The van der Waals surface area contributed by atoms with Crippen molar-refractivity contribution in [3.63, 3.8) is 0 Å². The van der Waals surface area contributed by atoms with Crippen molar-refractivity contribution in [3.8, 4) is 28.3 Å². The van der Waals surface area contributed by atoms with Crippen LogP contribution in [0.4, 0.5) is 0 Å². The molecule has 0 N–H and O–H groups in total. The van der Waals surface area contributed by atoms with Crippen LogP contribution in [0.3, 0.4) is 0 Å². The molecule has 8 aromatic rings. The summed E-state index contributed by atoms with van der Waals surface area (Å²) in [5.74, 6) is 1.56. The molecule has 79 heavy (non-hydrogen) atoms. The monoisotopic (exact) mass is 1180 g/mol. The molecule has 3 heterocycles. The van der Waals surface area contributed by atoms with Gasteiger partial charge in [-0.3, -0.25) is 0 Å². The Morgan fingerprint density at radius 3 is 1.38 bits per heavy atom. The minimum atomic E-state index is -0.729. The second-order valence-corrected chi connectivity index (χ2v) is 25.9. The first-order valence-electron chi connectivity index (χ1n) is 28.5. The van der Waals surface area contributed by atoms with Crippen molar-refractivity contribution in [2.24, 2.45) is 0 Å². The third-order valence-electron chi connectivity index (χ3n) is 17.7. The van der Waals surface area contributed by atoms with Gasteiger partial charge < -0.3 is 32.7 Å². The Morgan fingerprint density at radius 2 is 0.924 bits per heavy atom. The smallest absolute Gasteiger partial charge is 0.490 e. The number of fused-ring (bicyclic) bond motifs is 6. The minimum Gasteiger partial charge on any atom is -0.490 e. The van der Waals surface area contributed by atoms with E-state index >= 15 is 0 Å². The fourth-order valence-corrected chi connectivity index (χ4v) is 12.2. The normalized spacial score (nSPS) is 17.2. The molecule has 1 aliphatic carbocycles. The van der Waals surface area contributed by atoms with E-state index in [9.17, 15) is 0 Å². The van der Waals surface area contributed by atoms with Crippen molar-refractivity contribution in [1.29, 1.82) is 0 Å². The van der Waals surface area contributed by atoms with Gasteiger partial charge in [0.25, 0.3) is 0 Å².